The number of nitrogens with two attached hydrogens (primary N) is 1. The summed E-state index contributed by atoms with van der Waals surface area (Å²) < 4.78 is 32.6. The molecule has 0 spiro atoms. The topological polar surface area (TPSA) is 192 Å². The van der Waals surface area contributed by atoms with Crippen molar-refractivity contribution in [3.05, 3.63) is 72.9 Å². The molecule has 5 N–H and O–H groups in total. The van der Waals surface area contributed by atoms with Gasteiger partial charge in [0, 0.05) is 12.8 Å². The third-order valence-electron chi connectivity index (χ3n) is 8.52. The number of phosphoric acid groups is 1. The number of phosphoric ester groups is 1. The third-order valence-corrected chi connectivity index (χ3v) is 9.47. The molecule has 0 fully saturated rings. The molecule has 0 aliphatic rings. The molecule has 0 rings (SSSR count). The number of carbonyl (C=O) groups is 3. The molecule has 0 radical (unpaired) electrons. The van der Waals surface area contributed by atoms with Crippen LogP contribution in [0.4, 0.5) is 0 Å². The van der Waals surface area contributed by atoms with E-state index >= 15 is 0 Å². The lowest BCUT2D eigenvalue weighted by molar-refractivity contribution is -0.161. The molecule has 0 saturated heterocycles. The van der Waals surface area contributed by atoms with Gasteiger partial charge in [0.1, 0.15) is 12.6 Å². The van der Waals surface area contributed by atoms with Crippen LogP contribution in [0.15, 0.2) is 72.9 Å². The number of unbranched alkanes of at least 4 members (excludes halogenated alkanes) is 12. The summed E-state index contributed by atoms with van der Waals surface area (Å²) in [6, 6.07) is -1.54. The van der Waals surface area contributed by atoms with Crippen LogP contribution in [-0.2, 0) is 37.5 Å². The molecule has 4 atom stereocenters. The first-order valence-electron chi connectivity index (χ1n) is 21.1. The van der Waals surface area contributed by atoms with Crippen LogP contribution < -0.4 is 5.73 Å². The Morgan fingerprint density at radius 2 is 1.21 bits per heavy atom. The Kier molecular flexibility index (Phi) is 36.3. The largest absolute Gasteiger partial charge is 0.480 e. The molecule has 0 aromatic heterocycles. The molecule has 13 heteroatoms. The van der Waals surface area contributed by atoms with E-state index in [0.29, 0.717) is 32.1 Å². The van der Waals surface area contributed by atoms with Gasteiger partial charge >= 0.3 is 25.7 Å². The number of esters is 2. The van der Waals surface area contributed by atoms with Crippen molar-refractivity contribution in [3.8, 4) is 0 Å². The standard InChI is InChI=1S/C44H74NO11P/c1-3-5-7-9-11-12-13-14-15-16-17-18-22-26-30-34-42(47)53-36-40(37-54-57(51,52)55-38-41(45)44(49)50)56-43(48)35-31-27-23-20-19-21-25-29-33-39(46)32-28-24-10-8-6-4-2/h6,8,12-13,20-21,23-25,28-29,33,39-41,46H,3-5,7,9-11,14-19,22,26-27,30-32,34-38,45H2,1-2H3,(H,49,50)(H,51,52)/b8-6-,13-12-,23-20-,25-21-,28-24-,33-29+/t39?,40-,41+/m1/s1. The Labute approximate surface area is 343 Å². The van der Waals surface area contributed by atoms with Gasteiger partial charge in [0.05, 0.1) is 19.3 Å². The Hall–Kier alpha value is -3.12. The van der Waals surface area contributed by atoms with Crippen LogP contribution >= 0.6 is 7.82 Å². The first-order valence-corrected chi connectivity index (χ1v) is 22.6. The second kappa shape index (κ2) is 38.4. The molecule has 0 heterocycles. The molecule has 0 aliphatic carbocycles. The number of hydrogen-bond donors (Lipinski definition) is 4. The number of carbonyl (C=O) groups excluding carboxylic acids is 2. The van der Waals surface area contributed by atoms with Crippen LogP contribution in [-0.4, -0.2) is 71.1 Å². The summed E-state index contributed by atoms with van der Waals surface area (Å²) in [7, 11) is -4.75. The minimum absolute atomic E-state index is 0.0468. The van der Waals surface area contributed by atoms with Crippen molar-refractivity contribution in [1.29, 1.82) is 0 Å². The molecule has 0 bridgehead atoms. The lowest BCUT2D eigenvalue weighted by Crippen LogP contribution is -2.34. The van der Waals surface area contributed by atoms with Gasteiger partial charge < -0.3 is 30.3 Å². The van der Waals surface area contributed by atoms with Crippen LogP contribution in [0.25, 0.3) is 0 Å². The smallest absolute Gasteiger partial charge is 0.472 e. The highest BCUT2D eigenvalue weighted by molar-refractivity contribution is 7.47. The van der Waals surface area contributed by atoms with Gasteiger partial charge in [0.25, 0.3) is 0 Å². The predicted molar refractivity (Wildman–Crippen MR) is 227 cm³/mol. The number of aliphatic hydroxyl groups excluding tert-OH is 1. The molecule has 2 unspecified atom stereocenters. The number of aliphatic carboxylic acids is 1. The molecular weight excluding hydrogens is 749 g/mol. The molecule has 12 nitrogen and oxygen atoms in total. The van der Waals surface area contributed by atoms with Crippen molar-refractivity contribution in [1.82, 2.24) is 0 Å². The second-order valence-corrected chi connectivity index (χ2v) is 15.4. The molecule has 0 aromatic carbocycles. The van der Waals surface area contributed by atoms with Crippen molar-refractivity contribution in [2.24, 2.45) is 5.73 Å². The second-order valence-electron chi connectivity index (χ2n) is 13.9. The van der Waals surface area contributed by atoms with E-state index < -0.39 is 63.8 Å². The maximum atomic E-state index is 12.6. The molecule has 326 valence electrons. The van der Waals surface area contributed by atoms with Crippen molar-refractivity contribution in [3.63, 3.8) is 0 Å². The van der Waals surface area contributed by atoms with E-state index in [-0.39, 0.29) is 12.8 Å². The van der Waals surface area contributed by atoms with E-state index in [2.05, 4.69) is 42.7 Å². The van der Waals surface area contributed by atoms with E-state index in [1.807, 2.05) is 42.5 Å². The molecule has 0 aromatic rings. The number of carboxylic acid groups (broad SMARTS) is 1. The quantitative estimate of drug-likeness (QED) is 0.0152. The number of hydrogen-bond acceptors (Lipinski definition) is 10. The number of aliphatic hydroxyl groups is 1. The number of allylic oxidation sites excluding steroid dienone is 10. The molecule has 57 heavy (non-hydrogen) atoms. The normalized spacial score (nSPS) is 15.0. The average molecular weight is 824 g/mol. The molecular formula is C44H74NO11P. The molecule has 0 amide bonds. The van der Waals surface area contributed by atoms with Crippen molar-refractivity contribution >= 4 is 25.7 Å². The highest BCUT2D eigenvalue weighted by atomic mass is 31.2. The van der Waals surface area contributed by atoms with E-state index in [4.69, 9.17) is 24.8 Å². The van der Waals surface area contributed by atoms with E-state index in [1.165, 1.54) is 44.9 Å². The monoisotopic (exact) mass is 823 g/mol. The SMILES string of the molecule is CC/C=C\C/C=C\CC(O)/C=C/C=C\C/C=C\CCCC(=O)O[C@H](COC(=O)CCCCCCCCC/C=C\CCCCCC)COP(=O)(O)OC[C@H](N)C(=O)O. The Bertz CT molecular complexity index is 1260. The summed E-state index contributed by atoms with van der Waals surface area (Å²) in [5.74, 6) is -2.52. The fraction of sp³-hybridized carbons (Fsp3) is 0.659. The summed E-state index contributed by atoms with van der Waals surface area (Å²) in [6.07, 6.45) is 41.5. The fourth-order valence-electron chi connectivity index (χ4n) is 5.18. The van der Waals surface area contributed by atoms with Crippen molar-refractivity contribution < 1.29 is 52.6 Å². The highest BCUT2D eigenvalue weighted by Gasteiger charge is 2.28. The van der Waals surface area contributed by atoms with Crippen LogP contribution in [0, 0.1) is 0 Å². The maximum Gasteiger partial charge on any atom is 0.472 e. The molecule has 0 saturated carbocycles. The van der Waals surface area contributed by atoms with Crippen LogP contribution in [0.1, 0.15) is 149 Å². The molecule has 0 aliphatic heterocycles. The first-order chi connectivity index (χ1) is 27.5. The lowest BCUT2D eigenvalue weighted by atomic mass is 10.1. The highest BCUT2D eigenvalue weighted by Crippen LogP contribution is 2.43. The average Bonchev–Trinajstić information content (AvgIpc) is 3.18. The summed E-state index contributed by atoms with van der Waals surface area (Å²) in [5.41, 5.74) is 5.32. The third kappa shape index (κ3) is 38.2. The van der Waals surface area contributed by atoms with E-state index in [0.717, 1.165) is 44.9 Å². The van der Waals surface area contributed by atoms with Crippen LogP contribution in [0.2, 0.25) is 0 Å². The Morgan fingerprint density at radius 1 is 0.649 bits per heavy atom. The zero-order valence-corrected chi connectivity index (χ0v) is 35.7. The fourth-order valence-corrected chi connectivity index (χ4v) is 5.96. The predicted octanol–water partition coefficient (Wildman–Crippen LogP) is 9.92. The summed E-state index contributed by atoms with van der Waals surface area (Å²) in [6.45, 7) is 2.51. The zero-order valence-electron chi connectivity index (χ0n) is 34.8. The Morgan fingerprint density at radius 3 is 1.89 bits per heavy atom. The van der Waals surface area contributed by atoms with Crippen LogP contribution in [0.3, 0.4) is 0 Å². The van der Waals surface area contributed by atoms with Gasteiger partial charge in [-0.15, -0.1) is 0 Å². The van der Waals surface area contributed by atoms with Crippen molar-refractivity contribution in [2.75, 3.05) is 19.8 Å². The summed E-state index contributed by atoms with van der Waals surface area (Å²) in [4.78, 5) is 45.9. The van der Waals surface area contributed by atoms with E-state index in [9.17, 15) is 28.9 Å². The number of carboxylic acids is 1. The van der Waals surface area contributed by atoms with Gasteiger partial charge in [-0.3, -0.25) is 23.4 Å². The van der Waals surface area contributed by atoms with Crippen molar-refractivity contribution in [2.45, 2.75) is 167 Å². The van der Waals surface area contributed by atoms with E-state index in [1.54, 1.807) is 6.08 Å². The Balaban J connectivity index is 4.57. The summed E-state index contributed by atoms with van der Waals surface area (Å²) >= 11 is 0. The van der Waals surface area contributed by atoms with Gasteiger partial charge in [-0.2, -0.15) is 0 Å². The minimum Gasteiger partial charge on any atom is -0.480 e. The number of rotatable bonds is 38. The van der Waals surface area contributed by atoms with Gasteiger partial charge in [-0.05, 0) is 70.6 Å². The minimum atomic E-state index is -4.75. The lowest BCUT2D eigenvalue weighted by Gasteiger charge is -2.20. The number of ether oxygens (including phenoxy) is 2. The van der Waals surface area contributed by atoms with Gasteiger partial charge in [0.2, 0.25) is 0 Å². The van der Waals surface area contributed by atoms with Crippen LogP contribution in [0.5, 0.6) is 0 Å². The van der Waals surface area contributed by atoms with Gasteiger partial charge in [-0.25, -0.2) is 4.57 Å². The van der Waals surface area contributed by atoms with Gasteiger partial charge in [-0.1, -0.05) is 138 Å². The van der Waals surface area contributed by atoms with Gasteiger partial charge in [0.15, 0.2) is 6.10 Å². The maximum absolute atomic E-state index is 12.6. The first kappa shape index (κ1) is 53.9. The summed E-state index contributed by atoms with van der Waals surface area (Å²) in [5, 5.41) is 18.9. The zero-order chi connectivity index (χ0) is 42.2.